The lowest BCUT2D eigenvalue weighted by Crippen LogP contribution is -2.19. The fraction of sp³-hybridized carbons (Fsp3) is 0.312. The number of carbonyl (C=O) groups is 1. The van der Waals surface area contributed by atoms with Crippen LogP contribution in [0.3, 0.4) is 0 Å². The molecule has 1 aliphatic rings. The predicted octanol–water partition coefficient (Wildman–Crippen LogP) is 2.49. The molecular weight excluding hydrogens is 252 g/mol. The average molecular weight is 270 g/mol. The molecule has 0 fully saturated rings. The van der Waals surface area contributed by atoms with E-state index in [1.165, 1.54) is 16.5 Å². The number of rotatable bonds is 4. The summed E-state index contributed by atoms with van der Waals surface area (Å²) in [6.07, 6.45) is 5.50. The fourth-order valence-corrected chi connectivity index (χ4v) is 2.77. The van der Waals surface area contributed by atoms with Crippen LogP contribution in [0.4, 0.5) is 0 Å². The van der Waals surface area contributed by atoms with Crippen molar-refractivity contribution in [2.45, 2.75) is 19.4 Å². The minimum Gasteiger partial charge on any atom is -0.481 e. The molecule has 20 heavy (non-hydrogen) atoms. The van der Waals surface area contributed by atoms with Crippen LogP contribution in [-0.4, -0.2) is 28.7 Å². The molecule has 1 aromatic carbocycles. The maximum absolute atomic E-state index is 10.8. The van der Waals surface area contributed by atoms with Crippen molar-refractivity contribution in [3.63, 3.8) is 0 Å². The van der Waals surface area contributed by atoms with Crippen LogP contribution >= 0.6 is 0 Å². The number of aromatic nitrogens is 1. The van der Waals surface area contributed by atoms with Crippen LogP contribution in [0.25, 0.3) is 16.5 Å². The Morgan fingerprint density at radius 3 is 2.95 bits per heavy atom. The summed E-state index contributed by atoms with van der Waals surface area (Å²) in [6, 6.07) is 8.21. The van der Waals surface area contributed by atoms with E-state index < -0.39 is 5.97 Å². The summed E-state index contributed by atoms with van der Waals surface area (Å²) in [5.74, 6) is -0.759. The first-order chi connectivity index (χ1) is 9.75. The van der Waals surface area contributed by atoms with Crippen molar-refractivity contribution in [3.8, 4) is 0 Å². The Morgan fingerprint density at radius 2 is 2.20 bits per heavy atom. The van der Waals surface area contributed by atoms with E-state index in [-0.39, 0.29) is 6.42 Å². The highest BCUT2D eigenvalue weighted by Crippen LogP contribution is 2.29. The zero-order valence-corrected chi connectivity index (χ0v) is 11.3. The number of aliphatic carboxylic acids is 1. The number of para-hydroxylation sites is 1. The topological polar surface area (TPSA) is 54.3 Å². The molecule has 0 radical (unpaired) electrons. The summed E-state index contributed by atoms with van der Waals surface area (Å²) in [7, 11) is 0. The van der Waals surface area contributed by atoms with Crippen LogP contribution < -0.4 is 5.32 Å². The molecule has 0 aliphatic carbocycles. The second-order valence-electron chi connectivity index (χ2n) is 5.08. The van der Waals surface area contributed by atoms with E-state index in [2.05, 4.69) is 34.3 Å². The van der Waals surface area contributed by atoms with E-state index in [4.69, 9.17) is 5.11 Å². The smallest absolute Gasteiger partial charge is 0.305 e. The highest BCUT2D eigenvalue weighted by atomic mass is 16.4. The summed E-state index contributed by atoms with van der Waals surface area (Å²) in [6.45, 7) is 2.42. The van der Waals surface area contributed by atoms with Gasteiger partial charge in [0.15, 0.2) is 0 Å². The Morgan fingerprint density at radius 1 is 1.35 bits per heavy atom. The second-order valence-corrected chi connectivity index (χ2v) is 5.08. The number of nitrogens with one attached hydrogen (secondary N) is 1. The SMILES string of the molecule is O=C(O)CCn1cc(C2=CCNCC2)c2ccccc21. The van der Waals surface area contributed by atoms with Crippen LogP contribution in [0.15, 0.2) is 36.5 Å². The van der Waals surface area contributed by atoms with E-state index in [1.54, 1.807) is 0 Å². The van der Waals surface area contributed by atoms with E-state index in [0.717, 1.165) is 25.0 Å². The Bertz CT molecular complexity index is 670. The van der Waals surface area contributed by atoms with Crippen molar-refractivity contribution in [2.24, 2.45) is 0 Å². The first-order valence-electron chi connectivity index (χ1n) is 6.95. The van der Waals surface area contributed by atoms with E-state index >= 15 is 0 Å². The van der Waals surface area contributed by atoms with Gasteiger partial charge in [-0.25, -0.2) is 0 Å². The number of hydrogen-bond acceptors (Lipinski definition) is 2. The molecule has 0 saturated carbocycles. The summed E-state index contributed by atoms with van der Waals surface area (Å²) in [4.78, 5) is 10.8. The number of carboxylic acids is 1. The molecule has 3 rings (SSSR count). The number of nitrogens with zero attached hydrogens (tertiary/aromatic N) is 1. The first kappa shape index (κ1) is 12.9. The van der Waals surface area contributed by atoms with Crippen molar-refractivity contribution < 1.29 is 9.90 Å². The van der Waals surface area contributed by atoms with Gasteiger partial charge in [0.2, 0.25) is 0 Å². The molecular formula is C16H18N2O2. The number of aryl methyl sites for hydroxylation is 1. The minimum atomic E-state index is -0.759. The Kier molecular flexibility index (Phi) is 3.56. The molecule has 104 valence electrons. The molecule has 2 N–H and O–H groups in total. The lowest BCUT2D eigenvalue weighted by Gasteiger charge is -2.13. The highest BCUT2D eigenvalue weighted by Gasteiger charge is 2.13. The third-order valence-corrected chi connectivity index (χ3v) is 3.77. The summed E-state index contributed by atoms with van der Waals surface area (Å²) < 4.78 is 2.06. The molecule has 0 unspecified atom stereocenters. The first-order valence-corrected chi connectivity index (χ1v) is 6.95. The third kappa shape index (κ3) is 2.47. The van der Waals surface area contributed by atoms with E-state index in [0.29, 0.717) is 6.54 Å². The maximum Gasteiger partial charge on any atom is 0.305 e. The highest BCUT2D eigenvalue weighted by molar-refractivity contribution is 5.93. The molecule has 0 saturated heterocycles. The standard InChI is InChI=1S/C16H18N2O2/c19-16(20)7-10-18-11-14(12-5-8-17-9-6-12)13-3-1-2-4-15(13)18/h1-5,11,17H,6-10H2,(H,19,20). The Hall–Kier alpha value is -2.07. The van der Waals surface area contributed by atoms with Gasteiger partial charge in [-0.15, -0.1) is 0 Å². The van der Waals surface area contributed by atoms with Gasteiger partial charge in [0, 0.05) is 35.8 Å². The number of hydrogen-bond donors (Lipinski definition) is 2. The van der Waals surface area contributed by atoms with Crippen molar-refractivity contribution in [3.05, 3.63) is 42.1 Å². The quantitative estimate of drug-likeness (QED) is 0.897. The van der Waals surface area contributed by atoms with Gasteiger partial charge in [0.25, 0.3) is 0 Å². The van der Waals surface area contributed by atoms with Crippen LogP contribution in [0.1, 0.15) is 18.4 Å². The Balaban J connectivity index is 2.03. The fourth-order valence-electron chi connectivity index (χ4n) is 2.77. The molecule has 4 nitrogen and oxygen atoms in total. The summed E-state index contributed by atoms with van der Waals surface area (Å²) >= 11 is 0. The van der Waals surface area contributed by atoms with Gasteiger partial charge in [-0.1, -0.05) is 24.3 Å². The molecule has 0 amide bonds. The molecule has 1 aliphatic heterocycles. The van der Waals surface area contributed by atoms with Gasteiger partial charge >= 0.3 is 5.97 Å². The lowest BCUT2D eigenvalue weighted by molar-refractivity contribution is -0.137. The number of carboxylic acid groups (broad SMARTS) is 1. The second kappa shape index (κ2) is 5.51. The molecule has 0 bridgehead atoms. The molecule has 2 heterocycles. The van der Waals surface area contributed by atoms with Gasteiger partial charge in [0.05, 0.1) is 6.42 Å². The normalized spacial score (nSPS) is 15.3. The van der Waals surface area contributed by atoms with Crippen molar-refractivity contribution in [1.82, 2.24) is 9.88 Å². The van der Waals surface area contributed by atoms with Gasteiger partial charge < -0.3 is 15.0 Å². The molecule has 0 atom stereocenters. The molecule has 2 aromatic rings. The number of fused-ring (bicyclic) bond motifs is 1. The summed E-state index contributed by atoms with van der Waals surface area (Å²) in [5, 5.41) is 13.4. The zero-order chi connectivity index (χ0) is 13.9. The number of benzene rings is 1. The monoisotopic (exact) mass is 270 g/mol. The molecule has 0 spiro atoms. The lowest BCUT2D eigenvalue weighted by atomic mass is 10.00. The van der Waals surface area contributed by atoms with Crippen molar-refractivity contribution >= 4 is 22.4 Å². The predicted molar refractivity (Wildman–Crippen MR) is 79.7 cm³/mol. The van der Waals surface area contributed by atoms with Crippen LogP contribution in [0, 0.1) is 0 Å². The van der Waals surface area contributed by atoms with Gasteiger partial charge in [-0.2, -0.15) is 0 Å². The van der Waals surface area contributed by atoms with Crippen LogP contribution in [0.2, 0.25) is 0 Å². The van der Waals surface area contributed by atoms with Crippen LogP contribution in [-0.2, 0) is 11.3 Å². The van der Waals surface area contributed by atoms with Gasteiger partial charge in [-0.05, 0) is 24.6 Å². The van der Waals surface area contributed by atoms with Crippen molar-refractivity contribution in [2.75, 3.05) is 13.1 Å². The summed E-state index contributed by atoms with van der Waals surface area (Å²) in [5.41, 5.74) is 3.71. The van der Waals surface area contributed by atoms with E-state index in [9.17, 15) is 4.79 Å². The van der Waals surface area contributed by atoms with Crippen LogP contribution in [0.5, 0.6) is 0 Å². The molecule has 1 aromatic heterocycles. The molecule has 4 heteroatoms. The third-order valence-electron chi connectivity index (χ3n) is 3.77. The Labute approximate surface area is 117 Å². The van der Waals surface area contributed by atoms with E-state index in [1.807, 2.05) is 12.1 Å². The van der Waals surface area contributed by atoms with Gasteiger partial charge in [0.1, 0.15) is 0 Å². The van der Waals surface area contributed by atoms with Crippen molar-refractivity contribution in [1.29, 1.82) is 0 Å². The minimum absolute atomic E-state index is 0.152. The zero-order valence-electron chi connectivity index (χ0n) is 11.3. The maximum atomic E-state index is 10.8. The van der Waals surface area contributed by atoms with Gasteiger partial charge in [-0.3, -0.25) is 4.79 Å². The average Bonchev–Trinajstić information content (AvgIpc) is 2.85. The largest absolute Gasteiger partial charge is 0.481 e.